The zero-order chi connectivity index (χ0) is 14.7. The smallest absolute Gasteiger partial charge is 0.224 e. The number of aryl methyl sites for hydroxylation is 1. The molecule has 114 valence electrons. The van der Waals surface area contributed by atoms with Crippen molar-refractivity contribution in [3.05, 3.63) is 29.8 Å². The molecule has 0 saturated carbocycles. The molecule has 2 aliphatic heterocycles. The Balaban J connectivity index is 1.57. The first-order chi connectivity index (χ1) is 10.2. The van der Waals surface area contributed by atoms with Crippen LogP contribution in [0.4, 0.5) is 5.69 Å². The van der Waals surface area contributed by atoms with Crippen LogP contribution < -0.4 is 10.6 Å². The summed E-state index contributed by atoms with van der Waals surface area (Å²) in [4.78, 5) is 12.3. The van der Waals surface area contributed by atoms with Crippen molar-refractivity contribution in [1.29, 1.82) is 0 Å². The first-order valence-electron chi connectivity index (χ1n) is 8.38. The van der Waals surface area contributed by atoms with E-state index in [4.69, 9.17) is 0 Å². The molecule has 2 fully saturated rings. The zero-order valence-electron chi connectivity index (χ0n) is 12.9. The van der Waals surface area contributed by atoms with E-state index in [0.717, 1.165) is 18.5 Å². The van der Waals surface area contributed by atoms with Gasteiger partial charge in [0.2, 0.25) is 5.91 Å². The molecule has 2 atom stereocenters. The molecule has 1 aromatic carbocycles. The number of anilines is 1. The normalized spacial score (nSPS) is 27.6. The van der Waals surface area contributed by atoms with E-state index in [1.807, 2.05) is 18.2 Å². The molecule has 2 bridgehead atoms. The zero-order valence-corrected chi connectivity index (χ0v) is 12.9. The highest BCUT2D eigenvalue weighted by atomic mass is 16.1. The average Bonchev–Trinajstić information content (AvgIpc) is 2.80. The molecule has 3 rings (SSSR count). The summed E-state index contributed by atoms with van der Waals surface area (Å²) in [5.74, 6) is 0.743. The van der Waals surface area contributed by atoms with Crippen LogP contribution >= 0.6 is 0 Å². The summed E-state index contributed by atoms with van der Waals surface area (Å²) >= 11 is 0. The van der Waals surface area contributed by atoms with Crippen molar-refractivity contribution in [2.75, 3.05) is 5.32 Å². The van der Waals surface area contributed by atoms with E-state index < -0.39 is 0 Å². The molecule has 3 nitrogen and oxygen atoms in total. The number of carbonyl (C=O) groups excluding carboxylic acids is 1. The lowest BCUT2D eigenvalue weighted by Crippen LogP contribution is -2.39. The van der Waals surface area contributed by atoms with Crippen LogP contribution in [0, 0.1) is 5.92 Å². The maximum Gasteiger partial charge on any atom is 0.224 e. The van der Waals surface area contributed by atoms with Crippen LogP contribution in [0.25, 0.3) is 0 Å². The number of benzene rings is 1. The van der Waals surface area contributed by atoms with E-state index in [2.05, 4.69) is 23.6 Å². The third-order valence-corrected chi connectivity index (χ3v) is 4.86. The molecule has 2 saturated heterocycles. The molecule has 2 aliphatic rings. The Morgan fingerprint density at radius 3 is 2.67 bits per heavy atom. The number of para-hydroxylation sites is 1. The molecule has 3 heteroatoms. The largest absolute Gasteiger partial charge is 0.326 e. The van der Waals surface area contributed by atoms with Crippen molar-refractivity contribution in [3.63, 3.8) is 0 Å². The van der Waals surface area contributed by atoms with Gasteiger partial charge < -0.3 is 10.6 Å². The fourth-order valence-electron chi connectivity index (χ4n) is 3.93. The highest BCUT2D eigenvalue weighted by molar-refractivity contribution is 5.91. The predicted molar refractivity (Wildman–Crippen MR) is 86.4 cm³/mol. The Bertz CT molecular complexity index is 488. The molecule has 21 heavy (non-hydrogen) atoms. The van der Waals surface area contributed by atoms with Gasteiger partial charge in [-0.05, 0) is 49.7 Å². The van der Waals surface area contributed by atoms with Crippen LogP contribution in [-0.2, 0) is 11.2 Å². The molecular weight excluding hydrogens is 260 g/mol. The van der Waals surface area contributed by atoms with Gasteiger partial charge in [0.15, 0.2) is 0 Å². The van der Waals surface area contributed by atoms with E-state index in [1.165, 1.54) is 31.2 Å². The second-order valence-corrected chi connectivity index (χ2v) is 6.63. The molecule has 0 radical (unpaired) electrons. The monoisotopic (exact) mass is 286 g/mol. The maximum absolute atomic E-state index is 12.3. The first kappa shape index (κ1) is 14.6. The molecule has 0 aliphatic carbocycles. The Morgan fingerprint density at radius 2 is 1.95 bits per heavy atom. The van der Waals surface area contributed by atoms with Gasteiger partial charge in [0.25, 0.3) is 0 Å². The lowest BCUT2D eigenvalue weighted by atomic mass is 9.89. The molecule has 0 spiro atoms. The van der Waals surface area contributed by atoms with Gasteiger partial charge >= 0.3 is 0 Å². The number of nitrogens with one attached hydrogen (secondary N) is 2. The minimum Gasteiger partial charge on any atom is -0.326 e. The number of fused-ring (bicyclic) bond motifs is 2. The van der Waals surface area contributed by atoms with Gasteiger partial charge in [-0.2, -0.15) is 0 Å². The van der Waals surface area contributed by atoms with E-state index in [1.54, 1.807) is 0 Å². The quantitative estimate of drug-likeness (QED) is 0.870. The number of hydrogen-bond acceptors (Lipinski definition) is 2. The van der Waals surface area contributed by atoms with Crippen LogP contribution in [-0.4, -0.2) is 18.0 Å². The predicted octanol–water partition coefficient (Wildman–Crippen LogP) is 3.50. The summed E-state index contributed by atoms with van der Waals surface area (Å²) in [6, 6.07) is 9.51. The third kappa shape index (κ3) is 3.65. The van der Waals surface area contributed by atoms with E-state index >= 15 is 0 Å². The minimum absolute atomic E-state index is 0.185. The summed E-state index contributed by atoms with van der Waals surface area (Å²) in [5.41, 5.74) is 2.25. The average molecular weight is 286 g/mol. The second kappa shape index (κ2) is 6.61. The summed E-state index contributed by atoms with van der Waals surface area (Å²) in [7, 11) is 0. The minimum atomic E-state index is 0.185. The molecule has 1 aromatic rings. The molecule has 2 N–H and O–H groups in total. The van der Waals surface area contributed by atoms with Crippen LogP contribution in [0.15, 0.2) is 24.3 Å². The van der Waals surface area contributed by atoms with Crippen molar-refractivity contribution >= 4 is 11.6 Å². The molecule has 2 heterocycles. The van der Waals surface area contributed by atoms with Gasteiger partial charge in [-0.1, -0.05) is 31.5 Å². The Hall–Kier alpha value is -1.35. The van der Waals surface area contributed by atoms with Gasteiger partial charge in [0.1, 0.15) is 0 Å². The van der Waals surface area contributed by atoms with Crippen LogP contribution in [0.2, 0.25) is 0 Å². The number of carbonyl (C=O) groups is 1. The van der Waals surface area contributed by atoms with E-state index in [-0.39, 0.29) is 5.91 Å². The van der Waals surface area contributed by atoms with E-state index in [9.17, 15) is 4.79 Å². The van der Waals surface area contributed by atoms with E-state index in [0.29, 0.717) is 24.4 Å². The summed E-state index contributed by atoms with van der Waals surface area (Å²) in [5, 5.41) is 6.77. The van der Waals surface area contributed by atoms with Gasteiger partial charge in [0, 0.05) is 24.2 Å². The molecule has 1 amide bonds. The van der Waals surface area contributed by atoms with Crippen LogP contribution in [0.3, 0.4) is 0 Å². The summed E-state index contributed by atoms with van der Waals surface area (Å²) < 4.78 is 0. The number of rotatable bonds is 5. The molecule has 2 unspecified atom stereocenters. The van der Waals surface area contributed by atoms with Crippen molar-refractivity contribution in [1.82, 2.24) is 5.32 Å². The van der Waals surface area contributed by atoms with Crippen LogP contribution in [0.5, 0.6) is 0 Å². The second-order valence-electron chi connectivity index (χ2n) is 6.63. The standard InChI is InChI=1S/C18H26N2O/c1-2-5-14-6-3-4-7-17(14)20-18(21)12-13-10-15-8-9-16(11-13)19-15/h3-4,6-7,13,15-16,19H,2,5,8-12H2,1H3,(H,20,21). The van der Waals surface area contributed by atoms with Gasteiger partial charge in [-0.15, -0.1) is 0 Å². The molecular formula is C18H26N2O. The van der Waals surface area contributed by atoms with Crippen molar-refractivity contribution in [2.45, 2.75) is 64.0 Å². The highest BCUT2D eigenvalue weighted by Crippen LogP contribution is 2.32. The molecule has 0 aromatic heterocycles. The number of piperidine rings is 1. The fourth-order valence-corrected chi connectivity index (χ4v) is 3.93. The lowest BCUT2D eigenvalue weighted by molar-refractivity contribution is -0.117. The highest BCUT2D eigenvalue weighted by Gasteiger charge is 2.34. The Kier molecular flexibility index (Phi) is 4.59. The summed E-state index contributed by atoms with van der Waals surface area (Å²) in [6.07, 6.45) is 7.72. The lowest BCUT2D eigenvalue weighted by Gasteiger charge is -2.28. The van der Waals surface area contributed by atoms with Crippen LogP contribution in [0.1, 0.15) is 51.0 Å². The van der Waals surface area contributed by atoms with Crippen molar-refractivity contribution < 1.29 is 4.79 Å². The maximum atomic E-state index is 12.3. The third-order valence-electron chi connectivity index (χ3n) is 4.86. The van der Waals surface area contributed by atoms with Gasteiger partial charge in [-0.3, -0.25) is 4.79 Å². The van der Waals surface area contributed by atoms with Gasteiger partial charge in [-0.25, -0.2) is 0 Å². The van der Waals surface area contributed by atoms with Crippen molar-refractivity contribution in [2.24, 2.45) is 5.92 Å². The topological polar surface area (TPSA) is 41.1 Å². The number of amides is 1. The fraction of sp³-hybridized carbons (Fsp3) is 0.611. The van der Waals surface area contributed by atoms with Crippen molar-refractivity contribution in [3.8, 4) is 0 Å². The SMILES string of the molecule is CCCc1ccccc1NC(=O)CC1CC2CCC(C1)N2. The number of hydrogen-bond donors (Lipinski definition) is 2. The first-order valence-corrected chi connectivity index (χ1v) is 8.38. The van der Waals surface area contributed by atoms with Gasteiger partial charge in [0.05, 0.1) is 0 Å². The Labute approximate surface area is 127 Å². The summed E-state index contributed by atoms with van der Waals surface area (Å²) in [6.45, 7) is 2.17. The Morgan fingerprint density at radius 1 is 1.24 bits per heavy atom.